The summed E-state index contributed by atoms with van der Waals surface area (Å²) in [5.41, 5.74) is 8.48. The third-order valence-corrected chi connectivity index (χ3v) is 4.87. The van der Waals surface area contributed by atoms with Crippen LogP contribution in [0.3, 0.4) is 0 Å². The minimum atomic E-state index is -0.540. The van der Waals surface area contributed by atoms with Gasteiger partial charge in [-0.25, -0.2) is 9.59 Å². The van der Waals surface area contributed by atoms with E-state index in [1.165, 1.54) is 38.5 Å². The molecule has 12 heteroatoms. The predicted molar refractivity (Wildman–Crippen MR) is 135 cm³/mol. The molecule has 0 fully saturated rings. The Hall–Kier alpha value is -3.70. The fourth-order valence-corrected chi connectivity index (χ4v) is 2.83. The first-order valence-electron chi connectivity index (χ1n) is 11.4. The highest BCUT2D eigenvalue weighted by atomic mass is 35.5. The number of methoxy groups -OCH3 is 2. The number of ether oxygens (including phenoxy) is 4. The first-order chi connectivity index (χ1) is 17.5. The molecule has 0 saturated heterocycles. The Kier molecular flexibility index (Phi) is 15.4. The van der Waals surface area contributed by atoms with Crippen LogP contribution in [0.2, 0.25) is 0 Å². The van der Waals surface area contributed by atoms with E-state index >= 15 is 0 Å². The number of carbonyl (C=O) groups excluding carboxylic acids is 4. The van der Waals surface area contributed by atoms with Crippen molar-refractivity contribution in [3.05, 3.63) is 59.7 Å². The third kappa shape index (κ3) is 11.3. The lowest BCUT2D eigenvalue weighted by Gasteiger charge is -2.10. The lowest BCUT2D eigenvalue weighted by molar-refractivity contribution is -0.401. The fourth-order valence-electron chi connectivity index (χ4n) is 2.83. The Balaban J connectivity index is 0.00000722. The summed E-state index contributed by atoms with van der Waals surface area (Å²) in [5, 5.41) is 0. The van der Waals surface area contributed by atoms with E-state index in [1.807, 2.05) is 0 Å². The van der Waals surface area contributed by atoms with Gasteiger partial charge in [0.2, 0.25) is 0 Å². The van der Waals surface area contributed by atoms with E-state index < -0.39 is 35.6 Å². The molecule has 2 rings (SSSR count). The number of hydrogen-bond acceptors (Lipinski definition) is 8. The number of benzene rings is 2. The first-order valence-corrected chi connectivity index (χ1v) is 11.4. The van der Waals surface area contributed by atoms with Crippen LogP contribution >= 0.6 is 0 Å². The summed E-state index contributed by atoms with van der Waals surface area (Å²) in [7, 11) is 2.87. The van der Waals surface area contributed by atoms with Gasteiger partial charge in [-0.15, -0.1) is 0 Å². The molecular weight excluding hydrogens is 551 g/mol. The van der Waals surface area contributed by atoms with Crippen molar-refractivity contribution in [1.29, 1.82) is 0 Å². The molecule has 0 spiro atoms. The second-order valence-corrected chi connectivity index (χ2v) is 8.24. The number of halogens is 2. The molecule has 6 N–H and O–H groups in total. The SMILES string of the molecule is COc1cc(/C=C/C(=O)CC(=O)/C=C/c2ccc(OC(=O)C(C)[NH3+])c(OC)c2)ccc1OC(=O)C(C)[NH3+].[Cl-].[Cl-]. The molecule has 0 aliphatic rings. The van der Waals surface area contributed by atoms with Crippen LogP contribution in [0, 0.1) is 0 Å². The summed E-state index contributed by atoms with van der Waals surface area (Å²) in [4.78, 5) is 48.1. The maximum atomic E-state index is 12.3. The van der Waals surface area contributed by atoms with Crippen molar-refractivity contribution in [3.8, 4) is 23.0 Å². The van der Waals surface area contributed by atoms with E-state index in [9.17, 15) is 19.2 Å². The van der Waals surface area contributed by atoms with E-state index in [2.05, 4.69) is 11.5 Å². The van der Waals surface area contributed by atoms with Crippen LogP contribution in [0.15, 0.2) is 48.6 Å². The summed E-state index contributed by atoms with van der Waals surface area (Å²) in [5.74, 6) is -0.651. The zero-order valence-corrected chi connectivity index (χ0v) is 23.6. The highest BCUT2D eigenvalue weighted by molar-refractivity contribution is 6.10. The van der Waals surface area contributed by atoms with Gasteiger partial charge < -0.3 is 55.2 Å². The lowest BCUT2D eigenvalue weighted by Crippen LogP contribution is -3.00. The molecule has 0 heterocycles. The van der Waals surface area contributed by atoms with E-state index in [0.29, 0.717) is 22.6 Å². The van der Waals surface area contributed by atoms with Gasteiger partial charge in [0.25, 0.3) is 0 Å². The van der Waals surface area contributed by atoms with Gasteiger partial charge in [-0.2, -0.15) is 0 Å². The molecule has 2 unspecified atom stereocenters. The van der Waals surface area contributed by atoms with E-state index in [0.717, 1.165) is 0 Å². The molecule has 212 valence electrons. The largest absolute Gasteiger partial charge is 1.00 e. The minimum absolute atomic E-state index is 0. The van der Waals surface area contributed by atoms with Crippen molar-refractivity contribution in [3.63, 3.8) is 0 Å². The molecule has 0 aliphatic carbocycles. The number of esters is 2. The van der Waals surface area contributed by atoms with Crippen LogP contribution in [-0.4, -0.2) is 49.8 Å². The second-order valence-electron chi connectivity index (χ2n) is 8.24. The van der Waals surface area contributed by atoms with Crippen LogP contribution in [-0.2, 0) is 19.2 Å². The zero-order valence-electron chi connectivity index (χ0n) is 22.1. The van der Waals surface area contributed by atoms with Crippen molar-refractivity contribution >= 4 is 35.7 Å². The average Bonchev–Trinajstić information content (AvgIpc) is 2.87. The molecular formula is C27H32Cl2N2O8. The van der Waals surface area contributed by atoms with E-state index in [-0.39, 0.29) is 42.7 Å². The Morgan fingerprint density at radius 3 is 1.36 bits per heavy atom. The molecule has 0 amide bonds. The normalized spacial score (nSPS) is 12.1. The molecule has 2 atom stereocenters. The van der Waals surface area contributed by atoms with Crippen LogP contribution in [0.25, 0.3) is 12.2 Å². The topological polar surface area (TPSA) is 160 Å². The molecule has 0 saturated carbocycles. The number of ketones is 2. The van der Waals surface area contributed by atoms with E-state index in [1.54, 1.807) is 50.2 Å². The maximum Gasteiger partial charge on any atom is 0.369 e. The van der Waals surface area contributed by atoms with Gasteiger partial charge in [0.1, 0.15) is 0 Å². The number of hydrogen-bond donors (Lipinski definition) is 2. The predicted octanol–water partition coefficient (Wildman–Crippen LogP) is -4.96. The quantitative estimate of drug-likeness (QED) is 0.109. The molecule has 2 aromatic carbocycles. The molecule has 10 nitrogen and oxygen atoms in total. The van der Waals surface area contributed by atoms with Gasteiger partial charge in [0.05, 0.1) is 20.6 Å². The lowest BCUT2D eigenvalue weighted by atomic mass is 10.1. The Morgan fingerprint density at radius 2 is 1.05 bits per heavy atom. The van der Waals surface area contributed by atoms with Gasteiger partial charge >= 0.3 is 11.9 Å². The summed E-state index contributed by atoms with van der Waals surface area (Å²) < 4.78 is 21.0. The summed E-state index contributed by atoms with van der Waals surface area (Å²) in [6, 6.07) is 8.53. The van der Waals surface area contributed by atoms with Crippen molar-refractivity contribution in [2.45, 2.75) is 32.4 Å². The highest BCUT2D eigenvalue weighted by Crippen LogP contribution is 2.30. The number of allylic oxidation sites excluding steroid dienone is 2. The number of rotatable bonds is 12. The Bertz CT molecular complexity index is 1130. The van der Waals surface area contributed by atoms with Crippen LogP contribution in [0.1, 0.15) is 31.4 Å². The van der Waals surface area contributed by atoms with Crippen LogP contribution in [0.4, 0.5) is 0 Å². The number of quaternary nitrogens is 2. The zero-order chi connectivity index (χ0) is 27.5. The van der Waals surface area contributed by atoms with Gasteiger partial charge in [-0.3, -0.25) is 9.59 Å². The van der Waals surface area contributed by atoms with Crippen molar-refractivity contribution in [2.75, 3.05) is 14.2 Å². The average molecular weight is 583 g/mol. The monoisotopic (exact) mass is 582 g/mol. The van der Waals surface area contributed by atoms with Crippen molar-refractivity contribution in [1.82, 2.24) is 0 Å². The third-order valence-electron chi connectivity index (χ3n) is 4.87. The van der Waals surface area contributed by atoms with Gasteiger partial charge in [-0.05, 0) is 61.4 Å². The smallest absolute Gasteiger partial charge is 0.369 e. The second kappa shape index (κ2) is 17.0. The molecule has 0 aliphatic heterocycles. The fraction of sp³-hybridized carbons (Fsp3) is 0.259. The number of carbonyl (C=O) groups is 4. The molecule has 0 radical (unpaired) electrons. The summed E-state index contributed by atoms with van der Waals surface area (Å²) >= 11 is 0. The minimum Gasteiger partial charge on any atom is -1.00 e. The standard InChI is InChI=1S/C27H30N2O8.2ClH/c1-16(28)26(32)36-22-11-7-18(13-24(22)34-3)5-9-20(30)15-21(31)10-6-19-8-12-23(25(14-19)35-4)37-27(33)17(2)29;;/h5-14,16-17H,15,28-29H2,1-4H3;2*1H/b9-5+,10-6+;;. The molecule has 0 aromatic heterocycles. The molecule has 39 heavy (non-hydrogen) atoms. The molecule has 2 aromatic rings. The van der Waals surface area contributed by atoms with Crippen molar-refractivity contribution < 1.29 is 74.4 Å². The Labute approximate surface area is 239 Å². The van der Waals surface area contributed by atoms with E-state index in [4.69, 9.17) is 18.9 Å². The van der Waals surface area contributed by atoms with Gasteiger partial charge in [0, 0.05) is 0 Å². The van der Waals surface area contributed by atoms with Crippen molar-refractivity contribution in [2.24, 2.45) is 0 Å². The van der Waals surface area contributed by atoms with Gasteiger partial charge in [0.15, 0.2) is 46.6 Å². The van der Waals surface area contributed by atoms with Gasteiger partial charge in [-0.1, -0.05) is 24.3 Å². The Morgan fingerprint density at radius 1 is 0.692 bits per heavy atom. The highest BCUT2D eigenvalue weighted by Gasteiger charge is 2.17. The van der Waals surface area contributed by atoms with Crippen LogP contribution < -0.4 is 55.2 Å². The van der Waals surface area contributed by atoms with Crippen LogP contribution in [0.5, 0.6) is 23.0 Å². The maximum absolute atomic E-state index is 12.3. The summed E-state index contributed by atoms with van der Waals surface area (Å²) in [6.45, 7) is 3.23. The molecule has 0 bridgehead atoms. The first kappa shape index (κ1) is 35.3. The summed E-state index contributed by atoms with van der Waals surface area (Å²) in [6.07, 6.45) is 5.33.